The topological polar surface area (TPSA) is 58.2 Å². The Morgan fingerprint density at radius 3 is 2.68 bits per heavy atom. The van der Waals surface area contributed by atoms with Crippen LogP contribution >= 0.6 is 11.3 Å². The van der Waals surface area contributed by atoms with E-state index in [0.29, 0.717) is 19.4 Å². The molecule has 104 valence electrons. The first kappa shape index (κ1) is 14.2. The molecule has 0 aromatic carbocycles. The highest BCUT2D eigenvalue weighted by molar-refractivity contribution is 7.12. The first-order chi connectivity index (χ1) is 8.86. The zero-order valence-electron chi connectivity index (χ0n) is 11.6. The lowest BCUT2D eigenvalue weighted by Crippen LogP contribution is -2.50. The lowest BCUT2D eigenvalue weighted by atomic mass is 9.95. The molecular formula is C14H20N2O2S. The molecule has 2 N–H and O–H groups in total. The van der Waals surface area contributed by atoms with E-state index in [4.69, 9.17) is 0 Å². The summed E-state index contributed by atoms with van der Waals surface area (Å²) in [6.07, 6.45) is 1.00. The Kier molecular flexibility index (Phi) is 4.06. The van der Waals surface area contributed by atoms with Gasteiger partial charge in [-0.2, -0.15) is 0 Å². The molecule has 5 heteroatoms. The van der Waals surface area contributed by atoms with Crippen molar-refractivity contribution in [2.45, 2.75) is 51.6 Å². The van der Waals surface area contributed by atoms with Crippen LogP contribution in [0.15, 0.2) is 12.1 Å². The van der Waals surface area contributed by atoms with Gasteiger partial charge in [0, 0.05) is 22.7 Å². The minimum Gasteiger partial charge on any atom is -0.301 e. The number of carbonyl (C=O) groups excluding carboxylic acids is 2. The predicted octanol–water partition coefficient (Wildman–Crippen LogP) is 1.94. The van der Waals surface area contributed by atoms with Gasteiger partial charge in [0.2, 0.25) is 11.8 Å². The lowest BCUT2D eigenvalue weighted by molar-refractivity contribution is -0.134. The lowest BCUT2D eigenvalue weighted by Gasteiger charge is -2.21. The Bertz CT molecular complexity index is 488. The van der Waals surface area contributed by atoms with Gasteiger partial charge in [-0.05, 0) is 24.0 Å². The first-order valence-corrected chi connectivity index (χ1v) is 7.34. The van der Waals surface area contributed by atoms with E-state index in [1.807, 2.05) is 0 Å². The number of piperidine rings is 1. The van der Waals surface area contributed by atoms with Crippen molar-refractivity contribution < 1.29 is 9.59 Å². The summed E-state index contributed by atoms with van der Waals surface area (Å²) < 4.78 is 0. The molecule has 1 unspecified atom stereocenters. The van der Waals surface area contributed by atoms with Crippen LogP contribution < -0.4 is 10.6 Å². The van der Waals surface area contributed by atoms with E-state index in [-0.39, 0.29) is 23.3 Å². The third-order valence-corrected chi connectivity index (χ3v) is 4.67. The van der Waals surface area contributed by atoms with E-state index in [9.17, 15) is 9.59 Å². The number of amides is 2. The van der Waals surface area contributed by atoms with Gasteiger partial charge in [0.15, 0.2) is 0 Å². The van der Waals surface area contributed by atoms with Crippen LogP contribution in [0, 0.1) is 0 Å². The molecule has 1 aliphatic heterocycles. The highest BCUT2D eigenvalue weighted by Crippen LogP contribution is 2.29. The van der Waals surface area contributed by atoms with Crippen LogP contribution in [-0.4, -0.2) is 17.9 Å². The minimum absolute atomic E-state index is 0.164. The van der Waals surface area contributed by atoms with Crippen LogP contribution in [0.3, 0.4) is 0 Å². The number of imide groups is 1. The maximum Gasteiger partial charge on any atom is 0.243 e. The fraction of sp³-hybridized carbons (Fsp3) is 0.571. The Morgan fingerprint density at radius 1 is 1.37 bits per heavy atom. The molecule has 2 heterocycles. The highest BCUT2D eigenvalue weighted by Gasteiger charge is 2.26. The van der Waals surface area contributed by atoms with Gasteiger partial charge in [0.05, 0.1) is 6.04 Å². The van der Waals surface area contributed by atoms with Crippen molar-refractivity contribution in [3.63, 3.8) is 0 Å². The Morgan fingerprint density at radius 2 is 2.11 bits per heavy atom. The molecule has 1 aromatic heterocycles. The highest BCUT2D eigenvalue weighted by atomic mass is 32.1. The van der Waals surface area contributed by atoms with Crippen molar-refractivity contribution in [3.05, 3.63) is 21.9 Å². The van der Waals surface area contributed by atoms with Gasteiger partial charge >= 0.3 is 0 Å². The van der Waals surface area contributed by atoms with Gasteiger partial charge in [-0.15, -0.1) is 11.3 Å². The Labute approximate surface area is 117 Å². The Balaban J connectivity index is 1.90. The van der Waals surface area contributed by atoms with Crippen molar-refractivity contribution >= 4 is 23.2 Å². The molecule has 1 fully saturated rings. The summed E-state index contributed by atoms with van der Waals surface area (Å²) in [5.41, 5.74) is 0.164. The Hall–Kier alpha value is -1.20. The second-order valence-corrected chi connectivity index (χ2v) is 7.07. The molecule has 1 atom stereocenters. The fourth-order valence-electron chi connectivity index (χ4n) is 1.99. The summed E-state index contributed by atoms with van der Waals surface area (Å²) in [4.78, 5) is 25.2. The smallest absolute Gasteiger partial charge is 0.243 e. The summed E-state index contributed by atoms with van der Waals surface area (Å²) in [6, 6.07) is 3.99. The van der Waals surface area contributed by atoms with Crippen molar-refractivity contribution in [1.82, 2.24) is 10.6 Å². The molecule has 2 amide bonds. The molecule has 0 radical (unpaired) electrons. The normalized spacial score (nSPS) is 20.5. The summed E-state index contributed by atoms with van der Waals surface area (Å²) in [5.74, 6) is -0.377. The minimum atomic E-state index is -0.252. The van der Waals surface area contributed by atoms with E-state index in [1.165, 1.54) is 9.75 Å². The van der Waals surface area contributed by atoms with Crippen LogP contribution in [-0.2, 0) is 21.5 Å². The molecule has 1 saturated heterocycles. The van der Waals surface area contributed by atoms with Crippen molar-refractivity contribution in [2.75, 3.05) is 0 Å². The summed E-state index contributed by atoms with van der Waals surface area (Å²) in [6.45, 7) is 7.25. The van der Waals surface area contributed by atoms with Gasteiger partial charge in [-0.25, -0.2) is 0 Å². The molecular weight excluding hydrogens is 260 g/mol. The standard InChI is InChI=1S/C14H20N2O2S/c1-14(2,3)11-6-4-9(19-11)8-15-10-5-7-12(17)16-13(10)18/h4,6,10,15H,5,7-8H2,1-3H3,(H,16,17,18). The molecule has 0 aliphatic carbocycles. The summed E-state index contributed by atoms with van der Waals surface area (Å²) >= 11 is 1.77. The number of thiophene rings is 1. The summed E-state index contributed by atoms with van der Waals surface area (Å²) in [5, 5.41) is 5.58. The number of carbonyl (C=O) groups is 2. The SMILES string of the molecule is CC(C)(C)c1ccc(CNC2CCC(=O)NC2=O)s1. The van der Waals surface area contributed by atoms with E-state index >= 15 is 0 Å². The zero-order chi connectivity index (χ0) is 14.0. The van der Waals surface area contributed by atoms with E-state index in [0.717, 1.165) is 0 Å². The third kappa shape index (κ3) is 3.64. The van der Waals surface area contributed by atoms with Gasteiger partial charge in [0.1, 0.15) is 0 Å². The second-order valence-electron chi connectivity index (χ2n) is 5.90. The predicted molar refractivity (Wildman–Crippen MR) is 76.0 cm³/mol. The van der Waals surface area contributed by atoms with E-state index in [2.05, 4.69) is 43.5 Å². The van der Waals surface area contributed by atoms with Gasteiger partial charge in [-0.3, -0.25) is 14.9 Å². The van der Waals surface area contributed by atoms with Crippen LogP contribution in [0.5, 0.6) is 0 Å². The number of hydrogen-bond acceptors (Lipinski definition) is 4. The maximum absolute atomic E-state index is 11.6. The molecule has 2 rings (SSSR count). The number of rotatable bonds is 3. The molecule has 0 spiro atoms. The summed E-state index contributed by atoms with van der Waals surface area (Å²) in [7, 11) is 0. The zero-order valence-corrected chi connectivity index (χ0v) is 12.4. The maximum atomic E-state index is 11.6. The average molecular weight is 280 g/mol. The molecule has 0 bridgehead atoms. The molecule has 1 aliphatic rings. The van der Waals surface area contributed by atoms with Gasteiger partial charge in [0.25, 0.3) is 0 Å². The van der Waals surface area contributed by atoms with Crippen molar-refractivity contribution in [1.29, 1.82) is 0 Å². The van der Waals surface area contributed by atoms with Crippen LogP contribution in [0.4, 0.5) is 0 Å². The molecule has 1 aromatic rings. The van der Waals surface area contributed by atoms with Crippen LogP contribution in [0.1, 0.15) is 43.4 Å². The molecule has 0 saturated carbocycles. The molecule has 4 nitrogen and oxygen atoms in total. The van der Waals surface area contributed by atoms with Crippen LogP contribution in [0.2, 0.25) is 0 Å². The monoisotopic (exact) mass is 280 g/mol. The second kappa shape index (κ2) is 5.43. The quantitative estimate of drug-likeness (QED) is 0.832. The number of hydrogen-bond donors (Lipinski definition) is 2. The third-order valence-electron chi connectivity index (χ3n) is 3.16. The van der Waals surface area contributed by atoms with Crippen LogP contribution in [0.25, 0.3) is 0 Å². The number of nitrogens with one attached hydrogen (secondary N) is 2. The average Bonchev–Trinajstić information content (AvgIpc) is 2.76. The van der Waals surface area contributed by atoms with Crippen molar-refractivity contribution in [3.8, 4) is 0 Å². The van der Waals surface area contributed by atoms with E-state index in [1.54, 1.807) is 11.3 Å². The van der Waals surface area contributed by atoms with Crippen molar-refractivity contribution in [2.24, 2.45) is 0 Å². The fourth-order valence-corrected chi connectivity index (χ4v) is 3.00. The first-order valence-electron chi connectivity index (χ1n) is 6.52. The molecule has 19 heavy (non-hydrogen) atoms. The van der Waals surface area contributed by atoms with Gasteiger partial charge in [-0.1, -0.05) is 20.8 Å². The van der Waals surface area contributed by atoms with E-state index < -0.39 is 0 Å². The van der Waals surface area contributed by atoms with Gasteiger partial charge < -0.3 is 5.32 Å². The largest absolute Gasteiger partial charge is 0.301 e.